The van der Waals surface area contributed by atoms with Gasteiger partial charge in [0.1, 0.15) is 23.0 Å². The second kappa shape index (κ2) is 17.5. The first-order chi connectivity index (χ1) is 21.5. The molecule has 4 aromatic carbocycles. The molecule has 230 valence electrons. The first-order valence-electron chi connectivity index (χ1n) is 14.9. The second-order valence-electron chi connectivity index (χ2n) is 10.4. The molecule has 0 bridgehead atoms. The first-order valence-corrected chi connectivity index (χ1v) is 17.2. The summed E-state index contributed by atoms with van der Waals surface area (Å²) >= 11 is 0. The fourth-order valence-electron chi connectivity index (χ4n) is 5.01. The topological polar surface area (TPSA) is 83.6 Å². The largest absolute Gasteiger partial charge is 0.507 e. The maximum absolute atomic E-state index is 10.6. The molecular weight excluding hydrogens is 586 g/mol. The normalized spacial score (nSPS) is 13.0. The summed E-state index contributed by atoms with van der Waals surface area (Å²) in [5.41, 5.74) is 1.27. The Morgan fingerprint density at radius 1 is 0.682 bits per heavy atom. The van der Waals surface area contributed by atoms with Crippen LogP contribution in [-0.2, 0) is 0 Å². The third-order valence-corrected chi connectivity index (χ3v) is 10.5. The average molecular weight is 629 g/mol. The second-order valence-corrected chi connectivity index (χ2v) is 13.3. The molecule has 0 fully saturated rings. The summed E-state index contributed by atoms with van der Waals surface area (Å²) in [7, 11) is 5.43. The molecule has 3 atom stereocenters. The molecule has 4 rings (SSSR count). The van der Waals surface area contributed by atoms with E-state index in [0.717, 1.165) is 38.0 Å². The molecule has 0 aliphatic heterocycles. The molecule has 0 aliphatic carbocycles. The lowest BCUT2D eigenvalue weighted by atomic mass is 9.99. The minimum atomic E-state index is -0.521. The van der Waals surface area contributed by atoms with E-state index in [1.54, 1.807) is 38.8 Å². The van der Waals surface area contributed by atoms with Crippen molar-refractivity contribution in [1.29, 1.82) is 0 Å². The van der Waals surface area contributed by atoms with Crippen LogP contribution in [-0.4, -0.2) is 61.3 Å². The number of ether oxygens (including phenoxy) is 2. The number of hydrogen-bond acceptors (Lipinski definition) is 6. The highest BCUT2D eigenvalue weighted by atomic mass is 31.1. The summed E-state index contributed by atoms with van der Waals surface area (Å²) in [5, 5.41) is 23.9. The van der Waals surface area contributed by atoms with Crippen LogP contribution in [0.5, 0.6) is 23.0 Å². The number of aliphatic imine (C=N–C) groups is 2. The van der Waals surface area contributed by atoms with Crippen molar-refractivity contribution >= 4 is 40.2 Å². The van der Waals surface area contributed by atoms with Gasteiger partial charge >= 0.3 is 0 Å². The van der Waals surface area contributed by atoms with E-state index in [1.807, 2.05) is 24.3 Å². The summed E-state index contributed by atoms with van der Waals surface area (Å²) in [6.07, 6.45) is 9.11. The van der Waals surface area contributed by atoms with Crippen LogP contribution in [0.25, 0.3) is 0 Å². The van der Waals surface area contributed by atoms with Crippen molar-refractivity contribution in [2.75, 3.05) is 26.5 Å². The Hall–Kier alpha value is -3.72. The molecule has 0 spiro atoms. The zero-order chi connectivity index (χ0) is 31.1. The van der Waals surface area contributed by atoms with Crippen molar-refractivity contribution in [2.24, 2.45) is 9.98 Å². The molecule has 3 unspecified atom stereocenters. The Morgan fingerprint density at radius 3 is 1.55 bits per heavy atom. The van der Waals surface area contributed by atoms with Gasteiger partial charge in [-0.3, -0.25) is 9.98 Å². The highest BCUT2D eigenvalue weighted by molar-refractivity contribution is 7.73. The van der Waals surface area contributed by atoms with Crippen molar-refractivity contribution in [1.82, 2.24) is 0 Å². The summed E-state index contributed by atoms with van der Waals surface area (Å²) in [6.45, 7) is 0. The molecule has 2 N–H and O–H groups in total. The Kier molecular flexibility index (Phi) is 13.2. The van der Waals surface area contributed by atoms with E-state index in [4.69, 9.17) is 19.5 Å². The van der Waals surface area contributed by atoms with Crippen LogP contribution in [0.1, 0.15) is 36.8 Å². The summed E-state index contributed by atoms with van der Waals surface area (Å²) in [5.74, 6) is 1.43. The maximum Gasteiger partial charge on any atom is 0.128 e. The number of rotatable bonds is 16. The minimum Gasteiger partial charge on any atom is -0.507 e. The van der Waals surface area contributed by atoms with Gasteiger partial charge in [-0.1, -0.05) is 60.7 Å². The van der Waals surface area contributed by atoms with Crippen LogP contribution in [0.2, 0.25) is 0 Å². The third kappa shape index (κ3) is 9.64. The van der Waals surface area contributed by atoms with Crippen LogP contribution < -0.4 is 20.1 Å². The summed E-state index contributed by atoms with van der Waals surface area (Å²) in [4.78, 5) is 10.0. The molecule has 6 nitrogen and oxygen atoms in total. The number of phenols is 2. The molecule has 0 aromatic heterocycles. The van der Waals surface area contributed by atoms with Gasteiger partial charge in [0, 0.05) is 35.7 Å². The average Bonchev–Trinajstić information content (AvgIpc) is 3.06. The molecule has 8 heteroatoms. The zero-order valence-corrected chi connectivity index (χ0v) is 27.5. The van der Waals surface area contributed by atoms with Crippen molar-refractivity contribution in [2.45, 2.75) is 37.8 Å². The predicted molar refractivity (Wildman–Crippen MR) is 189 cm³/mol. The summed E-state index contributed by atoms with van der Waals surface area (Å²) < 4.78 is 10.5. The van der Waals surface area contributed by atoms with E-state index < -0.39 is 7.92 Å². The molecule has 0 radical (unpaired) electrons. The van der Waals surface area contributed by atoms with Gasteiger partial charge < -0.3 is 19.7 Å². The molecule has 4 aromatic rings. The molecule has 0 amide bonds. The van der Waals surface area contributed by atoms with E-state index in [1.165, 1.54) is 10.6 Å². The van der Waals surface area contributed by atoms with E-state index in [-0.39, 0.29) is 23.6 Å². The smallest absolute Gasteiger partial charge is 0.128 e. The van der Waals surface area contributed by atoms with Crippen molar-refractivity contribution < 1.29 is 19.7 Å². The van der Waals surface area contributed by atoms with Gasteiger partial charge in [-0.05, 0) is 80.8 Å². The lowest BCUT2D eigenvalue weighted by Gasteiger charge is -2.23. The fraction of sp³-hybridized carbons (Fsp3) is 0.278. The van der Waals surface area contributed by atoms with Crippen molar-refractivity contribution in [3.05, 3.63) is 108 Å². The monoisotopic (exact) mass is 628 g/mol. The number of benzene rings is 4. The Morgan fingerprint density at radius 2 is 1.14 bits per heavy atom. The quantitative estimate of drug-likeness (QED) is 0.104. The Bertz CT molecular complexity index is 1460. The summed E-state index contributed by atoms with van der Waals surface area (Å²) in [6, 6.07) is 31.7. The van der Waals surface area contributed by atoms with Crippen LogP contribution in [0.15, 0.2) is 107 Å². The minimum absolute atomic E-state index is 0.103. The number of aromatic hydroxyl groups is 2. The fourth-order valence-corrected chi connectivity index (χ4v) is 7.63. The van der Waals surface area contributed by atoms with Gasteiger partial charge in [0.15, 0.2) is 0 Å². The highest BCUT2D eigenvalue weighted by Gasteiger charge is 2.21. The molecular formula is C36H42N2O4P2. The van der Waals surface area contributed by atoms with Crippen molar-refractivity contribution in [3.63, 3.8) is 0 Å². The number of methoxy groups -OCH3 is 2. The van der Waals surface area contributed by atoms with Gasteiger partial charge in [0.25, 0.3) is 0 Å². The van der Waals surface area contributed by atoms with Crippen LogP contribution in [0, 0.1) is 0 Å². The molecule has 0 saturated carbocycles. The molecule has 0 saturated heterocycles. The Balaban J connectivity index is 1.61. The SMILES string of the molecule is COc1ccc(C=NC(CCCP)C(CCCP(c2ccccc2)c2ccccc2)N=Cc2ccc(OC)cc2O)c(O)c1. The van der Waals surface area contributed by atoms with Gasteiger partial charge in [0.2, 0.25) is 0 Å². The van der Waals surface area contributed by atoms with Crippen molar-refractivity contribution in [3.8, 4) is 23.0 Å². The van der Waals surface area contributed by atoms with Gasteiger partial charge in [0.05, 0.1) is 26.3 Å². The number of hydrogen-bond donors (Lipinski definition) is 2. The van der Waals surface area contributed by atoms with Gasteiger partial charge in [-0.2, -0.15) is 0 Å². The Labute approximate surface area is 264 Å². The van der Waals surface area contributed by atoms with E-state index in [9.17, 15) is 10.2 Å². The van der Waals surface area contributed by atoms with E-state index in [2.05, 4.69) is 69.9 Å². The third-order valence-electron chi connectivity index (χ3n) is 7.45. The van der Waals surface area contributed by atoms with Gasteiger partial charge in [-0.25, -0.2) is 0 Å². The van der Waals surface area contributed by atoms with Crippen LogP contribution >= 0.6 is 17.2 Å². The number of phenolic OH excluding ortho intramolecular Hbond substituents is 2. The van der Waals surface area contributed by atoms with E-state index >= 15 is 0 Å². The zero-order valence-electron chi connectivity index (χ0n) is 25.4. The lowest BCUT2D eigenvalue weighted by molar-refractivity contribution is 0.407. The van der Waals surface area contributed by atoms with Gasteiger partial charge in [-0.15, -0.1) is 9.24 Å². The standard InChI is InChI=1S/C36H42N2O4P2/c1-41-29-19-17-27(35(39)23-29)25-37-33(15-9-21-43)34(38-26-28-18-20-30(42-2)24-36(28)40)16-10-22-44(31-11-5-3-6-12-31)32-13-7-4-8-14-32/h3-8,11-14,17-20,23-26,33-34,39-40H,9-10,15-16,21-22,43H2,1-2H3. The van der Waals surface area contributed by atoms with E-state index in [0.29, 0.717) is 22.6 Å². The predicted octanol–water partition coefficient (Wildman–Crippen LogP) is 6.96. The maximum atomic E-state index is 10.6. The highest BCUT2D eigenvalue weighted by Crippen LogP contribution is 2.35. The molecule has 0 heterocycles. The number of nitrogens with zero attached hydrogens (tertiary/aromatic N) is 2. The van der Waals surface area contributed by atoms with Crippen LogP contribution in [0.4, 0.5) is 0 Å². The molecule has 0 aliphatic rings. The molecule has 44 heavy (non-hydrogen) atoms. The van der Waals surface area contributed by atoms with Crippen LogP contribution in [0.3, 0.4) is 0 Å². The first kappa shape index (κ1) is 33.2. The lowest BCUT2D eigenvalue weighted by Crippen LogP contribution is -2.25.